The smallest absolute Gasteiger partial charge is 1.00 e. The molecule has 2 aromatic heterocycles. The third kappa shape index (κ3) is 19.2. The summed E-state index contributed by atoms with van der Waals surface area (Å²) in [6, 6.07) is 19.5. The largest absolute Gasteiger partial charge is 1.00 e. The van der Waals surface area contributed by atoms with E-state index in [1.807, 2.05) is 0 Å². The normalized spacial score (nSPS) is 24.2. The van der Waals surface area contributed by atoms with Crippen molar-refractivity contribution in [1.29, 1.82) is 0 Å². The molecule has 0 unspecified atom stereocenters. The van der Waals surface area contributed by atoms with Gasteiger partial charge in [-0.05, 0) is 155 Å². The first-order valence-corrected chi connectivity index (χ1v) is 26.8. The Morgan fingerprint density at radius 1 is 0.747 bits per heavy atom. The number of H-pyrrole nitrogens is 2. The van der Waals surface area contributed by atoms with E-state index in [-0.39, 0.29) is 177 Å². The zero-order chi connectivity index (χ0) is 69.6. The van der Waals surface area contributed by atoms with Gasteiger partial charge < -0.3 is 41.2 Å². The number of aromatic amines is 2. The Balaban J connectivity index is 0.000000348. The van der Waals surface area contributed by atoms with E-state index >= 15 is 17.6 Å². The summed E-state index contributed by atoms with van der Waals surface area (Å²) in [6.07, 6.45) is -11.7. The van der Waals surface area contributed by atoms with Gasteiger partial charge in [0.15, 0.2) is 0 Å². The molecule has 2 fully saturated rings. The van der Waals surface area contributed by atoms with E-state index in [2.05, 4.69) is 24.8 Å². The van der Waals surface area contributed by atoms with Crippen molar-refractivity contribution in [3.63, 3.8) is 0 Å². The molecule has 6 aromatic rings. The maximum Gasteiger partial charge on any atom is 1.00 e. The van der Waals surface area contributed by atoms with Gasteiger partial charge in [-0.1, -0.05) is 64.1 Å². The molecule has 4 atom stereocenters. The Hall–Kier alpha value is -2.59. The van der Waals surface area contributed by atoms with E-state index in [9.17, 15) is 23.5 Å². The number of alkyl halides is 4. The van der Waals surface area contributed by atoms with Crippen LogP contribution in [0.1, 0.15) is 155 Å². The summed E-state index contributed by atoms with van der Waals surface area (Å²) < 4.78 is 199. The first-order chi connectivity index (χ1) is 42.9. The second-order valence-electron chi connectivity index (χ2n) is 21.6. The van der Waals surface area contributed by atoms with Crippen molar-refractivity contribution in [2.24, 2.45) is 23.7 Å². The summed E-state index contributed by atoms with van der Waals surface area (Å²) in [5.41, 5.74) is -2.85. The fraction of sp³-hybridized carbons (Fsp3) is 0.525. The zero-order valence-corrected chi connectivity index (χ0v) is 54.5. The molecule has 4 aliphatic rings. The summed E-state index contributed by atoms with van der Waals surface area (Å²) in [5, 5.41) is 19.9. The minimum atomic E-state index is -3.57. The van der Waals surface area contributed by atoms with E-state index in [4.69, 9.17) is 42.8 Å². The Morgan fingerprint density at radius 2 is 1.18 bits per heavy atom. The molecule has 4 aromatic carbocycles. The Morgan fingerprint density at radius 3 is 1.59 bits per heavy atom. The van der Waals surface area contributed by atoms with Crippen LogP contribution in [-0.4, -0.2) is 104 Å². The first-order valence-electron chi connectivity index (χ1n) is 32.5. The molecule has 0 saturated heterocycles. The predicted molar refractivity (Wildman–Crippen MR) is 296 cm³/mol. The second-order valence-corrected chi connectivity index (χ2v) is 21.9. The molecule has 22 heteroatoms. The van der Waals surface area contributed by atoms with Gasteiger partial charge in [-0.3, -0.25) is 14.4 Å². The van der Waals surface area contributed by atoms with Crippen molar-refractivity contribution in [3.8, 4) is 0 Å². The van der Waals surface area contributed by atoms with Crippen molar-refractivity contribution in [2.45, 2.75) is 139 Å². The van der Waals surface area contributed by atoms with Crippen molar-refractivity contribution in [1.82, 2.24) is 29.7 Å². The van der Waals surface area contributed by atoms with Gasteiger partial charge >= 0.3 is 109 Å². The topological polar surface area (TPSA) is 177 Å². The van der Waals surface area contributed by atoms with Crippen molar-refractivity contribution < 1.29 is 181 Å². The van der Waals surface area contributed by atoms with Crippen LogP contribution in [0.15, 0.2) is 84.9 Å². The number of rotatable bonds is 20. The number of halogens is 7. The van der Waals surface area contributed by atoms with Gasteiger partial charge in [0, 0.05) is 84.0 Å². The van der Waals surface area contributed by atoms with Gasteiger partial charge in [0.1, 0.15) is 28.9 Å². The number of imidazole rings is 2. The number of nitrogens with zero attached hydrogens (tertiary/aromatic N) is 4. The Labute approximate surface area is 590 Å². The van der Waals surface area contributed by atoms with Crippen LogP contribution in [0.25, 0.3) is 22.1 Å². The SMILES string of the molecule is O=C(Cl)C1CC1.O=CO[O-].[2H]C([2H])(c1nc2ccccc2[nH]1)C([2H])([2H])C([2H])([2H])N(C)CC[C@@]1(O)CC(F)(F)c2cc(F)ccc2[C@@H]1C(C)C.[2H]C([2H])(c1nc2ccccc2[nH]1)C([2H])([2H])C([2H])([2H])N(C)CC[C@@]1(OC(=O)C2CC2)CC(F)(F)c2cc(F)ccc2[C@@H]1C(C)C.[H-].[K+].[K+]. The number of ether oxygens (including phenoxy) is 1. The minimum absolute atomic E-state index is 0. The van der Waals surface area contributed by atoms with Crippen LogP contribution < -0.4 is 108 Å². The molecule has 0 radical (unpaired) electrons. The molecule has 0 aliphatic heterocycles. The molecular formula is C61H75ClF6K2N6O7. The summed E-state index contributed by atoms with van der Waals surface area (Å²) in [7, 11) is 2.45. The quantitative estimate of drug-likeness (QED) is 0.0157. The standard InChI is InChI=1S/C30H36F3N3O2.C26H32F3N3O.C4H5ClO.CH2O3.2K.H/c1-19(2)27-22-13-12-21(31)17-23(22)30(32,33)18-29(27,38-28(37)20-10-11-20)14-16-36(3)15-6-9-26-34-24-7-4-5-8-25(24)35-26;1-17(2)24-19-11-10-18(27)15-20(19)26(28,29)16-25(24,33)12-14-32(3)13-6-9-23-30-21-7-4-5-8-22(21)31-23;5-4(6)3-1-2-3;2-1-4-3;;;/h4-5,7-8,12-13,17,19-20,27H,6,9-11,14-16,18H2,1-3H3,(H,34,35);4-5,7-8,10-11,15,17,24,33H,6,9,12-14,16H2,1-3H3,(H,30,31);3H,1-2H2;1,3H;;;/q;;;;2*+1;-1/p-1/t27-,29+;24-,25+;;;;;/m00...../s1/i6D2,9D2,15D2;6D2,9D2,13D2;;;;;. The third-order valence-electron chi connectivity index (χ3n) is 14.6. The summed E-state index contributed by atoms with van der Waals surface area (Å²) in [6.45, 7) is 0.214. The molecule has 2 heterocycles. The molecule has 10 rings (SSSR count). The van der Waals surface area contributed by atoms with Gasteiger partial charge in [0.2, 0.25) is 5.24 Å². The van der Waals surface area contributed by atoms with Gasteiger partial charge in [0.25, 0.3) is 18.3 Å². The predicted octanol–water partition coefficient (Wildman–Crippen LogP) is 5.92. The van der Waals surface area contributed by atoms with E-state index in [1.165, 1.54) is 26.2 Å². The van der Waals surface area contributed by atoms with Crippen LogP contribution in [0.5, 0.6) is 0 Å². The van der Waals surface area contributed by atoms with Gasteiger partial charge in [-0.25, -0.2) is 36.3 Å². The number of aliphatic hydroxyl groups is 1. The van der Waals surface area contributed by atoms with Crippen LogP contribution in [0.2, 0.25) is 0 Å². The fourth-order valence-electron chi connectivity index (χ4n) is 10.7. The van der Waals surface area contributed by atoms with Gasteiger partial charge in [-0.2, -0.15) is 0 Å². The average Bonchev–Trinajstić information content (AvgIpc) is 1.13. The molecule has 3 N–H and O–H groups in total. The molecule has 0 bridgehead atoms. The molecule has 2 saturated carbocycles. The molecule has 4 aliphatic carbocycles. The number of para-hydroxylation sites is 4. The van der Waals surface area contributed by atoms with Crippen LogP contribution in [0.3, 0.4) is 0 Å². The summed E-state index contributed by atoms with van der Waals surface area (Å²) in [5.74, 6) is -12.6. The van der Waals surface area contributed by atoms with E-state index in [1.54, 1.807) is 76.2 Å². The number of benzene rings is 4. The van der Waals surface area contributed by atoms with Gasteiger partial charge in [-0.15, -0.1) is 0 Å². The van der Waals surface area contributed by atoms with Crippen molar-refractivity contribution >= 4 is 51.4 Å². The zero-order valence-electron chi connectivity index (χ0n) is 60.5. The number of aromatic nitrogens is 4. The van der Waals surface area contributed by atoms with Crippen LogP contribution in [0.4, 0.5) is 26.3 Å². The minimum Gasteiger partial charge on any atom is -1.00 e. The Bertz CT molecular complexity index is 3610. The number of aryl methyl sites for hydroxylation is 2. The summed E-state index contributed by atoms with van der Waals surface area (Å²) >= 11 is 5.04. The van der Waals surface area contributed by atoms with Crippen molar-refractivity contribution in [3.05, 3.63) is 130 Å². The number of hydrogen-bond donors (Lipinski definition) is 3. The first kappa shape index (κ1) is 54.6. The van der Waals surface area contributed by atoms with Crippen molar-refractivity contribution in [2.75, 3.05) is 40.2 Å². The number of carbonyl (C=O) groups is 3. The number of carbonyl (C=O) groups excluding carboxylic acids is 3. The number of esters is 1. The molecule has 0 amide bonds. The average molecular weight is 1240 g/mol. The molecule has 13 nitrogen and oxygen atoms in total. The van der Waals surface area contributed by atoms with Gasteiger partial charge in [0.05, 0.1) is 40.0 Å². The summed E-state index contributed by atoms with van der Waals surface area (Å²) in [4.78, 5) is 49.8. The molecule has 83 heavy (non-hydrogen) atoms. The third-order valence-corrected chi connectivity index (χ3v) is 14.9. The number of hydrogen-bond acceptors (Lipinski definition) is 11. The van der Waals surface area contributed by atoms with Crippen LogP contribution >= 0.6 is 11.6 Å². The van der Waals surface area contributed by atoms with E-state index in [0.717, 1.165) is 46.9 Å². The van der Waals surface area contributed by atoms with Crippen LogP contribution in [0, 0.1) is 35.3 Å². The fourth-order valence-corrected chi connectivity index (χ4v) is 10.9. The maximum absolute atomic E-state index is 15.8. The number of fused-ring (bicyclic) bond motifs is 4. The molecular weight excluding hydrogens is 1160 g/mol. The van der Waals surface area contributed by atoms with E-state index in [0.29, 0.717) is 34.9 Å². The molecule has 0 spiro atoms. The number of nitrogens with one attached hydrogen (secondary N) is 2. The van der Waals surface area contributed by atoms with E-state index < -0.39 is 127 Å². The molecule has 442 valence electrons. The second kappa shape index (κ2) is 31.5. The van der Waals surface area contributed by atoms with Crippen LogP contribution in [-0.2, 0) is 48.6 Å². The Kier molecular flexibility index (Phi) is 20.7. The monoisotopic (exact) mass is 1240 g/mol. The maximum atomic E-state index is 15.8.